The molecule has 0 bridgehead atoms. The van der Waals surface area contributed by atoms with Crippen LogP contribution in [0.15, 0.2) is 24.3 Å². The molecule has 0 unspecified atom stereocenters. The van der Waals surface area contributed by atoms with Crippen LogP contribution in [0.4, 0.5) is 0 Å². The summed E-state index contributed by atoms with van der Waals surface area (Å²) in [4.78, 5) is 42.1. The summed E-state index contributed by atoms with van der Waals surface area (Å²) in [5.41, 5.74) is 1.51. The second kappa shape index (κ2) is 9.90. The number of carbonyl (C=O) groups excluding carboxylic acids is 3. The van der Waals surface area contributed by atoms with Crippen molar-refractivity contribution in [1.29, 1.82) is 0 Å². The van der Waals surface area contributed by atoms with Crippen LogP contribution >= 0.6 is 0 Å². The van der Waals surface area contributed by atoms with Gasteiger partial charge in [0.2, 0.25) is 11.8 Å². The lowest BCUT2D eigenvalue weighted by molar-refractivity contribution is -0.136. The highest BCUT2D eigenvalue weighted by Crippen LogP contribution is 2.24. The zero-order valence-electron chi connectivity index (χ0n) is 17.7. The van der Waals surface area contributed by atoms with Gasteiger partial charge in [0.05, 0.1) is 0 Å². The van der Waals surface area contributed by atoms with E-state index in [4.69, 9.17) is 0 Å². The molecule has 2 aliphatic heterocycles. The molecule has 29 heavy (non-hydrogen) atoms. The number of piperidine rings is 2. The van der Waals surface area contributed by atoms with Crippen LogP contribution in [0, 0.1) is 12.8 Å². The Morgan fingerprint density at radius 3 is 2.28 bits per heavy atom. The van der Waals surface area contributed by atoms with Gasteiger partial charge in [0, 0.05) is 38.2 Å². The van der Waals surface area contributed by atoms with Crippen LogP contribution in [0.2, 0.25) is 0 Å². The normalized spacial score (nSPS) is 19.0. The lowest BCUT2D eigenvalue weighted by Gasteiger charge is -2.38. The molecule has 0 aliphatic carbocycles. The third-order valence-electron chi connectivity index (χ3n) is 6.28. The van der Waals surface area contributed by atoms with Crippen molar-refractivity contribution in [2.24, 2.45) is 5.92 Å². The fourth-order valence-corrected chi connectivity index (χ4v) is 4.44. The number of likely N-dealkylation sites (tertiary alicyclic amines) is 2. The molecule has 6 nitrogen and oxygen atoms in total. The molecule has 158 valence electrons. The summed E-state index contributed by atoms with van der Waals surface area (Å²) in [6.45, 7) is 6.62. The zero-order valence-corrected chi connectivity index (χ0v) is 17.7. The molecule has 1 N–H and O–H groups in total. The van der Waals surface area contributed by atoms with Crippen molar-refractivity contribution < 1.29 is 14.4 Å². The number of benzene rings is 1. The maximum atomic E-state index is 13.4. The molecule has 1 aromatic carbocycles. The van der Waals surface area contributed by atoms with E-state index in [1.54, 1.807) is 6.07 Å². The molecular formula is C23H33N3O3. The summed E-state index contributed by atoms with van der Waals surface area (Å²) >= 11 is 0. The summed E-state index contributed by atoms with van der Waals surface area (Å²) in [6.07, 6.45) is 5.18. The topological polar surface area (TPSA) is 69.7 Å². The number of aryl methyl sites for hydroxylation is 1. The Balaban J connectivity index is 1.75. The summed E-state index contributed by atoms with van der Waals surface area (Å²) in [6, 6.07) is 6.93. The highest BCUT2D eigenvalue weighted by Gasteiger charge is 2.36. The molecule has 3 rings (SSSR count). The van der Waals surface area contributed by atoms with Crippen molar-refractivity contribution in [2.45, 2.75) is 58.4 Å². The number of amides is 3. The van der Waals surface area contributed by atoms with Gasteiger partial charge >= 0.3 is 0 Å². The minimum atomic E-state index is -0.529. The van der Waals surface area contributed by atoms with Gasteiger partial charge in [-0.15, -0.1) is 0 Å². The average molecular weight is 400 g/mol. The molecule has 2 aliphatic rings. The SMILES string of the molecule is CCC(=O)N1CCC([C@H](NC(=O)c2ccccc2C)C(=O)N2CCCCC2)CC1. The number of rotatable bonds is 5. The van der Waals surface area contributed by atoms with Crippen LogP contribution in [-0.4, -0.2) is 59.7 Å². The Morgan fingerprint density at radius 2 is 1.66 bits per heavy atom. The summed E-state index contributed by atoms with van der Waals surface area (Å²) in [5, 5.41) is 3.07. The largest absolute Gasteiger partial charge is 0.343 e. The minimum absolute atomic E-state index is 0.0342. The van der Waals surface area contributed by atoms with E-state index in [0.717, 1.165) is 50.8 Å². The fraction of sp³-hybridized carbons (Fsp3) is 0.609. The smallest absolute Gasteiger partial charge is 0.252 e. The Hall–Kier alpha value is -2.37. The number of carbonyl (C=O) groups is 3. The van der Waals surface area contributed by atoms with Crippen molar-refractivity contribution in [3.05, 3.63) is 35.4 Å². The van der Waals surface area contributed by atoms with E-state index in [9.17, 15) is 14.4 Å². The molecule has 1 aromatic rings. The second-order valence-electron chi connectivity index (χ2n) is 8.22. The molecule has 2 saturated heterocycles. The molecule has 0 aromatic heterocycles. The molecule has 0 spiro atoms. The van der Waals surface area contributed by atoms with Crippen molar-refractivity contribution >= 4 is 17.7 Å². The Kier molecular flexibility index (Phi) is 7.29. The number of nitrogens with zero attached hydrogens (tertiary/aromatic N) is 2. The third-order valence-corrected chi connectivity index (χ3v) is 6.28. The fourth-order valence-electron chi connectivity index (χ4n) is 4.44. The van der Waals surface area contributed by atoms with Gasteiger partial charge in [0.25, 0.3) is 5.91 Å². The molecule has 2 fully saturated rings. The maximum absolute atomic E-state index is 13.4. The Labute approximate surface area is 173 Å². The molecule has 2 heterocycles. The van der Waals surface area contributed by atoms with E-state index in [1.807, 2.05) is 41.8 Å². The Morgan fingerprint density at radius 1 is 1.00 bits per heavy atom. The Bertz CT molecular complexity index is 735. The van der Waals surface area contributed by atoms with Crippen LogP contribution in [0.25, 0.3) is 0 Å². The summed E-state index contributed by atoms with van der Waals surface area (Å²) < 4.78 is 0. The predicted octanol–water partition coefficient (Wildman–Crippen LogP) is 2.75. The monoisotopic (exact) mass is 399 g/mol. The first kappa shape index (κ1) is 21.3. The van der Waals surface area contributed by atoms with Gasteiger partial charge in [0.1, 0.15) is 6.04 Å². The predicted molar refractivity (Wildman–Crippen MR) is 112 cm³/mol. The van der Waals surface area contributed by atoms with Gasteiger partial charge in [-0.05, 0) is 56.6 Å². The number of hydrogen-bond donors (Lipinski definition) is 1. The third kappa shape index (κ3) is 5.17. The minimum Gasteiger partial charge on any atom is -0.343 e. The van der Waals surface area contributed by atoms with E-state index in [2.05, 4.69) is 5.32 Å². The van der Waals surface area contributed by atoms with Crippen molar-refractivity contribution in [1.82, 2.24) is 15.1 Å². The first-order valence-electron chi connectivity index (χ1n) is 10.9. The van der Waals surface area contributed by atoms with Crippen molar-refractivity contribution in [2.75, 3.05) is 26.2 Å². The highest BCUT2D eigenvalue weighted by molar-refractivity contribution is 5.98. The van der Waals surface area contributed by atoms with Gasteiger partial charge in [0.15, 0.2) is 0 Å². The van der Waals surface area contributed by atoms with Crippen LogP contribution in [0.3, 0.4) is 0 Å². The van der Waals surface area contributed by atoms with Crippen LogP contribution < -0.4 is 5.32 Å². The van der Waals surface area contributed by atoms with E-state index < -0.39 is 6.04 Å². The standard InChI is InChI=1S/C23H33N3O3/c1-3-20(27)25-15-11-18(12-16-25)21(23(29)26-13-7-4-8-14-26)24-22(28)19-10-6-5-9-17(19)2/h5-6,9-10,18,21H,3-4,7-8,11-16H2,1-2H3,(H,24,28)/t21-/m0/s1. The van der Waals surface area contributed by atoms with Crippen LogP contribution in [-0.2, 0) is 9.59 Å². The first-order valence-corrected chi connectivity index (χ1v) is 10.9. The van der Waals surface area contributed by atoms with Crippen LogP contribution in [0.1, 0.15) is 61.4 Å². The molecule has 3 amide bonds. The first-order chi connectivity index (χ1) is 14.0. The van der Waals surface area contributed by atoms with Gasteiger partial charge in [-0.25, -0.2) is 0 Å². The van der Waals surface area contributed by atoms with Crippen molar-refractivity contribution in [3.8, 4) is 0 Å². The maximum Gasteiger partial charge on any atom is 0.252 e. The van der Waals surface area contributed by atoms with E-state index >= 15 is 0 Å². The molecule has 0 saturated carbocycles. The van der Waals surface area contributed by atoms with E-state index in [-0.39, 0.29) is 23.6 Å². The molecule has 6 heteroatoms. The summed E-state index contributed by atoms with van der Waals surface area (Å²) in [7, 11) is 0. The zero-order chi connectivity index (χ0) is 20.8. The molecular weight excluding hydrogens is 366 g/mol. The average Bonchev–Trinajstić information content (AvgIpc) is 2.77. The second-order valence-corrected chi connectivity index (χ2v) is 8.22. The van der Waals surface area contributed by atoms with E-state index in [1.165, 1.54) is 0 Å². The van der Waals surface area contributed by atoms with Gasteiger partial charge in [-0.1, -0.05) is 25.1 Å². The van der Waals surface area contributed by atoms with Gasteiger partial charge in [-0.3, -0.25) is 14.4 Å². The van der Waals surface area contributed by atoms with Gasteiger partial charge in [-0.2, -0.15) is 0 Å². The van der Waals surface area contributed by atoms with Crippen LogP contribution in [0.5, 0.6) is 0 Å². The lowest BCUT2D eigenvalue weighted by atomic mass is 9.87. The van der Waals surface area contributed by atoms with Gasteiger partial charge < -0.3 is 15.1 Å². The summed E-state index contributed by atoms with van der Waals surface area (Å²) in [5.74, 6) is 0.0574. The van der Waals surface area contributed by atoms with Crippen molar-refractivity contribution in [3.63, 3.8) is 0 Å². The lowest BCUT2D eigenvalue weighted by Crippen LogP contribution is -2.55. The highest BCUT2D eigenvalue weighted by atomic mass is 16.2. The number of nitrogens with one attached hydrogen (secondary N) is 1. The molecule has 1 atom stereocenters. The number of hydrogen-bond acceptors (Lipinski definition) is 3. The van der Waals surface area contributed by atoms with E-state index in [0.29, 0.717) is 25.1 Å². The molecule has 0 radical (unpaired) electrons. The quantitative estimate of drug-likeness (QED) is 0.828.